The first-order chi connectivity index (χ1) is 9.45. The third kappa shape index (κ3) is 2.32. The highest BCUT2D eigenvalue weighted by atomic mass is 35.5. The lowest BCUT2D eigenvalue weighted by atomic mass is 10.1. The van der Waals surface area contributed by atoms with Gasteiger partial charge in [-0.05, 0) is 43.8 Å². The summed E-state index contributed by atoms with van der Waals surface area (Å²) in [5, 5.41) is 0.751. The van der Waals surface area contributed by atoms with Crippen LogP contribution in [0.5, 0.6) is 0 Å². The summed E-state index contributed by atoms with van der Waals surface area (Å²) in [7, 11) is 0. The van der Waals surface area contributed by atoms with Gasteiger partial charge in [0, 0.05) is 30.7 Å². The van der Waals surface area contributed by atoms with E-state index >= 15 is 0 Å². The van der Waals surface area contributed by atoms with Gasteiger partial charge in [0.15, 0.2) is 4.77 Å². The van der Waals surface area contributed by atoms with Crippen molar-refractivity contribution < 1.29 is 0 Å². The first kappa shape index (κ1) is 13.9. The minimum Gasteiger partial charge on any atom is -0.331 e. The molecule has 106 valence electrons. The fourth-order valence-electron chi connectivity index (χ4n) is 3.12. The molecule has 0 spiro atoms. The van der Waals surface area contributed by atoms with Crippen molar-refractivity contribution in [3.05, 3.63) is 39.6 Å². The molecule has 1 aromatic carbocycles. The summed E-state index contributed by atoms with van der Waals surface area (Å²) in [6.07, 6.45) is 0. The summed E-state index contributed by atoms with van der Waals surface area (Å²) in [6, 6.07) is 4.33. The van der Waals surface area contributed by atoms with Gasteiger partial charge in [0.25, 0.3) is 0 Å². The third-order valence-corrected chi connectivity index (χ3v) is 4.22. The molecular weight excluding hydrogens is 290 g/mol. The van der Waals surface area contributed by atoms with Crippen LogP contribution in [0.25, 0.3) is 11.0 Å². The standard InChI is InChI=1S/C15H18ClN3S/c1-9(2)6-18-7-10(3)19-14-11(8-18)4-12(16)5-13(14)17-15(19)20/h4-5,10H,1,6-8H2,2-3H3,(H,17,20)/t10-/m0/s1. The maximum atomic E-state index is 6.23. The SMILES string of the molecule is C=C(C)CN1Cc2cc(Cl)cc3[nH]c(=S)n(c23)[C@@H](C)C1. The first-order valence-electron chi connectivity index (χ1n) is 6.75. The Morgan fingerprint density at radius 2 is 2.30 bits per heavy atom. The molecule has 1 atom stereocenters. The Morgan fingerprint density at radius 3 is 3.00 bits per heavy atom. The van der Waals surface area contributed by atoms with Gasteiger partial charge in [-0.1, -0.05) is 23.8 Å². The van der Waals surface area contributed by atoms with Gasteiger partial charge in [0.05, 0.1) is 11.0 Å². The van der Waals surface area contributed by atoms with Crippen LogP contribution in [0, 0.1) is 4.77 Å². The van der Waals surface area contributed by atoms with Crippen molar-refractivity contribution in [2.45, 2.75) is 26.4 Å². The van der Waals surface area contributed by atoms with Crippen LogP contribution in [-0.4, -0.2) is 27.5 Å². The van der Waals surface area contributed by atoms with E-state index in [2.05, 4.69) is 34.9 Å². The molecule has 0 saturated carbocycles. The Bertz CT molecular complexity index is 743. The number of hydrogen-bond donors (Lipinski definition) is 1. The maximum absolute atomic E-state index is 6.23. The molecule has 20 heavy (non-hydrogen) atoms. The van der Waals surface area contributed by atoms with E-state index in [0.29, 0.717) is 6.04 Å². The van der Waals surface area contributed by atoms with E-state index in [1.165, 1.54) is 16.7 Å². The average molecular weight is 308 g/mol. The lowest BCUT2D eigenvalue weighted by Gasteiger charge is -2.23. The predicted molar refractivity (Wildman–Crippen MR) is 86.9 cm³/mol. The van der Waals surface area contributed by atoms with Crippen LogP contribution in [0.2, 0.25) is 5.02 Å². The fourth-order valence-corrected chi connectivity index (χ4v) is 3.74. The van der Waals surface area contributed by atoms with E-state index in [1.807, 2.05) is 12.1 Å². The molecule has 1 aliphatic rings. The van der Waals surface area contributed by atoms with Gasteiger partial charge in [0.1, 0.15) is 0 Å². The maximum Gasteiger partial charge on any atom is 0.178 e. The summed E-state index contributed by atoms with van der Waals surface area (Å²) in [6.45, 7) is 11.0. The number of aromatic amines is 1. The number of nitrogens with one attached hydrogen (secondary N) is 1. The Labute approximate surface area is 128 Å². The average Bonchev–Trinajstić information content (AvgIpc) is 2.56. The minimum atomic E-state index is 0.332. The molecule has 0 aliphatic carbocycles. The van der Waals surface area contributed by atoms with E-state index in [-0.39, 0.29) is 0 Å². The normalized spacial score (nSPS) is 19.2. The molecule has 0 amide bonds. The van der Waals surface area contributed by atoms with E-state index in [0.717, 1.165) is 34.9 Å². The fraction of sp³-hybridized carbons (Fsp3) is 0.400. The predicted octanol–water partition coefficient (Wildman–Crippen LogP) is 4.30. The van der Waals surface area contributed by atoms with Gasteiger partial charge in [-0.2, -0.15) is 0 Å². The molecule has 0 bridgehead atoms. The molecule has 0 radical (unpaired) electrons. The zero-order valence-electron chi connectivity index (χ0n) is 11.7. The molecule has 3 nitrogen and oxygen atoms in total. The molecule has 0 unspecified atom stereocenters. The van der Waals surface area contributed by atoms with Gasteiger partial charge in [-0.25, -0.2) is 0 Å². The summed E-state index contributed by atoms with van der Waals surface area (Å²) >= 11 is 11.7. The Balaban J connectivity index is 2.19. The lowest BCUT2D eigenvalue weighted by Crippen LogP contribution is -2.28. The molecule has 1 N–H and O–H groups in total. The number of imidazole rings is 1. The second-order valence-electron chi connectivity index (χ2n) is 5.74. The molecule has 2 heterocycles. The molecule has 2 aromatic rings. The van der Waals surface area contributed by atoms with E-state index in [4.69, 9.17) is 23.8 Å². The molecule has 5 heteroatoms. The molecule has 0 fully saturated rings. The van der Waals surface area contributed by atoms with Crippen molar-refractivity contribution in [1.82, 2.24) is 14.5 Å². The number of H-pyrrole nitrogens is 1. The van der Waals surface area contributed by atoms with E-state index < -0.39 is 0 Å². The number of benzene rings is 1. The van der Waals surface area contributed by atoms with Crippen LogP contribution in [0.15, 0.2) is 24.3 Å². The monoisotopic (exact) mass is 307 g/mol. The van der Waals surface area contributed by atoms with E-state index in [9.17, 15) is 0 Å². The van der Waals surface area contributed by atoms with Crippen LogP contribution in [-0.2, 0) is 6.54 Å². The van der Waals surface area contributed by atoms with Gasteiger partial charge in [-0.3, -0.25) is 4.90 Å². The summed E-state index contributed by atoms with van der Waals surface area (Å²) in [4.78, 5) is 5.67. The largest absolute Gasteiger partial charge is 0.331 e. The second-order valence-corrected chi connectivity index (χ2v) is 6.56. The second kappa shape index (κ2) is 5.02. The molecule has 3 rings (SSSR count). The number of hydrogen-bond acceptors (Lipinski definition) is 2. The van der Waals surface area contributed by atoms with E-state index in [1.54, 1.807) is 0 Å². The quantitative estimate of drug-likeness (QED) is 0.660. The van der Waals surface area contributed by atoms with Crippen LogP contribution in [0.1, 0.15) is 25.5 Å². The van der Waals surface area contributed by atoms with Crippen LogP contribution in [0.4, 0.5) is 0 Å². The topological polar surface area (TPSA) is 24.0 Å². The van der Waals surface area contributed by atoms with Crippen molar-refractivity contribution in [3.8, 4) is 0 Å². The molecular formula is C15H18ClN3S. The van der Waals surface area contributed by atoms with Crippen molar-refractivity contribution in [1.29, 1.82) is 0 Å². The highest BCUT2D eigenvalue weighted by molar-refractivity contribution is 7.71. The lowest BCUT2D eigenvalue weighted by molar-refractivity contribution is 0.258. The zero-order valence-corrected chi connectivity index (χ0v) is 13.3. The van der Waals surface area contributed by atoms with Crippen molar-refractivity contribution in [2.24, 2.45) is 0 Å². The number of halogens is 1. The number of nitrogens with zero attached hydrogens (tertiary/aromatic N) is 2. The first-order valence-corrected chi connectivity index (χ1v) is 7.53. The van der Waals surface area contributed by atoms with Crippen LogP contribution >= 0.6 is 23.8 Å². The van der Waals surface area contributed by atoms with Crippen molar-refractivity contribution in [2.75, 3.05) is 13.1 Å². The highest BCUT2D eigenvalue weighted by Gasteiger charge is 2.23. The Kier molecular flexibility index (Phi) is 3.48. The molecule has 1 aromatic heterocycles. The smallest absolute Gasteiger partial charge is 0.178 e. The van der Waals surface area contributed by atoms with Crippen molar-refractivity contribution >= 4 is 34.9 Å². The Morgan fingerprint density at radius 1 is 1.55 bits per heavy atom. The van der Waals surface area contributed by atoms with Crippen LogP contribution < -0.4 is 0 Å². The summed E-state index contributed by atoms with van der Waals surface area (Å²) in [5.41, 5.74) is 4.62. The minimum absolute atomic E-state index is 0.332. The van der Waals surface area contributed by atoms with Crippen molar-refractivity contribution in [3.63, 3.8) is 0 Å². The number of rotatable bonds is 2. The van der Waals surface area contributed by atoms with Gasteiger partial charge < -0.3 is 9.55 Å². The third-order valence-electron chi connectivity index (χ3n) is 3.71. The summed E-state index contributed by atoms with van der Waals surface area (Å²) in [5.74, 6) is 0. The molecule has 1 aliphatic heterocycles. The number of aromatic nitrogens is 2. The molecule has 0 saturated heterocycles. The van der Waals surface area contributed by atoms with Crippen LogP contribution in [0.3, 0.4) is 0 Å². The zero-order chi connectivity index (χ0) is 14.4. The van der Waals surface area contributed by atoms with Gasteiger partial charge in [0.2, 0.25) is 0 Å². The van der Waals surface area contributed by atoms with Gasteiger partial charge >= 0.3 is 0 Å². The summed E-state index contributed by atoms with van der Waals surface area (Å²) < 4.78 is 2.99. The Hall–Kier alpha value is -1.10. The highest BCUT2D eigenvalue weighted by Crippen LogP contribution is 2.30. The van der Waals surface area contributed by atoms with Gasteiger partial charge in [-0.15, -0.1) is 0 Å².